The molecule has 2 aromatic rings. The highest BCUT2D eigenvalue weighted by Gasteiger charge is 2.11. The van der Waals surface area contributed by atoms with Crippen molar-refractivity contribution in [1.29, 1.82) is 0 Å². The van der Waals surface area contributed by atoms with Gasteiger partial charge in [-0.05, 0) is 24.3 Å². The third kappa shape index (κ3) is 4.00. The average Bonchev–Trinajstić information content (AvgIpc) is 2.38. The number of carbonyl (C=O) groups is 1. The first kappa shape index (κ1) is 14.9. The number of ether oxygens (including phenoxy) is 1. The molecule has 20 heavy (non-hydrogen) atoms. The van der Waals surface area contributed by atoms with E-state index in [1.165, 1.54) is 12.1 Å². The Bertz CT molecular complexity index is 597. The third-order valence-electron chi connectivity index (χ3n) is 2.24. The second-order valence-electron chi connectivity index (χ2n) is 3.75. The number of carbonyl (C=O) groups excluding carboxylic acids is 1. The van der Waals surface area contributed by atoms with Crippen LogP contribution in [0.2, 0.25) is 15.1 Å². The minimum atomic E-state index is -0.370. The van der Waals surface area contributed by atoms with Crippen LogP contribution in [-0.4, -0.2) is 17.5 Å². The summed E-state index contributed by atoms with van der Waals surface area (Å²) in [6, 6.07) is 8.15. The lowest BCUT2D eigenvalue weighted by Gasteiger charge is -2.10. The van der Waals surface area contributed by atoms with Gasteiger partial charge in [-0.3, -0.25) is 4.79 Å². The first-order valence-electron chi connectivity index (χ1n) is 5.54. The van der Waals surface area contributed by atoms with E-state index in [9.17, 15) is 4.79 Å². The van der Waals surface area contributed by atoms with Crippen molar-refractivity contribution in [3.8, 4) is 5.75 Å². The summed E-state index contributed by atoms with van der Waals surface area (Å²) in [6.07, 6.45) is 1.57. The minimum absolute atomic E-state index is 0.217. The van der Waals surface area contributed by atoms with Crippen molar-refractivity contribution in [3.05, 3.63) is 51.6 Å². The van der Waals surface area contributed by atoms with E-state index in [0.29, 0.717) is 10.8 Å². The summed E-state index contributed by atoms with van der Waals surface area (Å²) in [6.45, 7) is -0.238. The summed E-state index contributed by atoms with van der Waals surface area (Å²) >= 11 is 17.7. The molecule has 0 aliphatic heterocycles. The van der Waals surface area contributed by atoms with E-state index in [0.717, 1.165) is 0 Å². The summed E-state index contributed by atoms with van der Waals surface area (Å²) < 4.78 is 5.29. The van der Waals surface area contributed by atoms with Crippen LogP contribution < -0.4 is 10.1 Å². The Hall–Kier alpha value is -1.49. The Morgan fingerprint density at radius 1 is 1.20 bits per heavy atom. The number of benzene rings is 1. The van der Waals surface area contributed by atoms with Crippen LogP contribution >= 0.6 is 34.8 Å². The number of nitrogens with one attached hydrogen (secondary N) is 1. The van der Waals surface area contributed by atoms with E-state index in [1.807, 2.05) is 0 Å². The van der Waals surface area contributed by atoms with Crippen molar-refractivity contribution in [1.82, 2.24) is 4.98 Å². The van der Waals surface area contributed by atoms with Gasteiger partial charge < -0.3 is 10.1 Å². The van der Waals surface area contributed by atoms with Crippen LogP contribution in [0.4, 0.5) is 5.82 Å². The van der Waals surface area contributed by atoms with Gasteiger partial charge in [-0.2, -0.15) is 0 Å². The van der Waals surface area contributed by atoms with E-state index in [-0.39, 0.29) is 28.3 Å². The smallest absolute Gasteiger partial charge is 0.263 e. The number of nitrogens with zero attached hydrogens (tertiary/aromatic N) is 1. The lowest BCUT2D eigenvalue weighted by atomic mass is 10.3. The number of rotatable bonds is 4. The maximum absolute atomic E-state index is 11.7. The van der Waals surface area contributed by atoms with Crippen molar-refractivity contribution < 1.29 is 9.53 Å². The molecule has 0 atom stereocenters. The van der Waals surface area contributed by atoms with Gasteiger partial charge in [-0.1, -0.05) is 40.9 Å². The van der Waals surface area contributed by atoms with E-state index in [4.69, 9.17) is 39.5 Å². The Labute approximate surface area is 130 Å². The van der Waals surface area contributed by atoms with Gasteiger partial charge in [0.25, 0.3) is 5.91 Å². The quantitative estimate of drug-likeness (QED) is 0.919. The number of halogens is 3. The van der Waals surface area contributed by atoms with Crippen LogP contribution in [0, 0.1) is 0 Å². The van der Waals surface area contributed by atoms with E-state index >= 15 is 0 Å². The summed E-state index contributed by atoms with van der Waals surface area (Å²) in [5.74, 6) is 0.286. The summed E-state index contributed by atoms with van der Waals surface area (Å²) in [5, 5.41) is 3.46. The highest BCUT2D eigenvalue weighted by Crippen LogP contribution is 2.35. The van der Waals surface area contributed by atoms with Gasteiger partial charge >= 0.3 is 0 Å². The Balaban J connectivity index is 1.97. The summed E-state index contributed by atoms with van der Waals surface area (Å²) in [5.41, 5.74) is 0. The maximum Gasteiger partial charge on any atom is 0.263 e. The van der Waals surface area contributed by atoms with Crippen LogP contribution in [-0.2, 0) is 4.79 Å². The number of pyridine rings is 1. The Morgan fingerprint density at radius 3 is 2.50 bits per heavy atom. The molecule has 4 nitrogen and oxygen atoms in total. The molecular weight excluding hydrogens is 323 g/mol. The standard InChI is InChI=1S/C13H9Cl3N2O2/c14-8-5-9(15)13(10(16)6-8)20-7-12(19)18-11-3-1-2-4-17-11/h1-6H,7H2,(H,17,18,19). The van der Waals surface area contributed by atoms with Gasteiger partial charge in [0.1, 0.15) is 5.82 Å². The topological polar surface area (TPSA) is 51.2 Å². The molecule has 0 bridgehead atoms. The molecule has 0 unspecified atom stereocenters. The van der Waals surface area contributed by atoms with E-state index < -0.39 is 0 Å². The molecule has 0 radical (unpaired) electrons. The molecule has 0 aliphatic carbocycles. The fourth-order valence-corrected chi connectivity index (χ4v) is 2.35. The minimum Gasteiger partial charge on any atom is -0.481 e. The molecule has 0 aliphatic rings. The van der Waals surface area contributed by atoms with Gasteiger partial charge in [-0.15, -0.1) is 0 Å². The molecule has 104 valence electrons. The van der Waals surface area contributed by atoms with Gasteiger partial charge in [-0.25, -0.2) is 4.98 Å². The SMILES string of the molecule is O=C(COc1c(Cl)cc(Cl)cc1Cl)Nc1ccccn1. The molecule has 1 heterocycles. The highest BCUT2D eigenvalue weighted by molar-refractivity contribution is 6.40. The average molecular weight is 332 g/mol. The zero-order valence-corrected chi connectivity index (χ0v) is 12.3. The van der Waals surface area contributed by atoms with Crippen molar-refractivity contribution in [3.63, 3.8) is 0 Å². The maximum atomic E-state index is 11.7. The van der Waals surface area contributed by atoms with E-state index in [2.05, 4.69) is 10.3 Å². The van der Waals surface area contributed by atoms with Crippen molar-refractivity contribution >= 4 is 46.5 Å². The van der Waals surface area contributed by atoms with Gasteiger partial charge in [0.05, 0.1) is 10.0 Å². The van der Waals surface area contributed by atoms with Crippen LogP contribution in [0.3, 0.4) is 0 Å². The Kier molecular flexibility index (Phi) is 5.06. The zero-order chi connectivity index (χ0) is 14.5. The lowest BCUT2D eigenvalue weighted by molar-refractivity contribution is -0.118. The number of hydrogen-bond acceptors (Lipinski definition) is 3. The molecule has 1 N–H and O–H groups in total. The van der Waals surface area contributed by atoms with Gasteiger partial charge in [0.15, 0.2) is 12.4 Å². The number of hydrogen-bond donors (Lipinski definition) is 1. The number of amides is 1. The molecule has 0 saturated heterocycles. The second kappa shape index (κ2) is 6.79. The van der Waals surface area contributed by atoms with Crippen molar-refractivity contribution in [2.45, 2.75) is 0 Å². The van der Waals surface area contributed by atoms with Crippen LogP contribution in [0.25, 0.3) is 0 Å². The first-order valence-corrected chi connectivity index (χ1v) is 6.68. The molecule has 0 saturated carbocycles. The molecule has 1 aromatic carbocycles. The fraction of sp³-hybridized carbons (Fsp3) is 0.0769. The molecule has 0 fully saturated rings. The molecule has 0 spiro atoms. The van der Waals surface area contributed by atoms with Gasteiger partial charge in [0.2, 0.25) is 0 Å². The predicted octanol–water partition coefficient (Wildman–Crippen LogP) is 4.06. The van der Waals surface area contributed by atoms with Crippen molar-refractivity contribution in [2.24, 2.45) is 0 Å². The van der Waals surface area contributed by atoms with Crippen molar-refractivity contribution in [2.75, 3.05) is 11.9 Å². The number of aromatic nitrogens is 1. The third-order valence-corrected chi connectivity index (χ3v) is 3.02. The Morgan fingerprint density at radius 2 is 1.90 bits per heavy atom. The molecule has 1 amide bonds. The summed E-state index contributed by atoms with van der Waals surface area (Å²) in [4.78, 5) is 15.7. The largest absolute Gasteiger partial charge is 0.481 e. The fourth-order valence-electron chi connectivity index (χ4n) is 1.42. The lowest BCUT2D eigenvalue weighted by Crippen LogP contribution is -2.20. The highest BCUT2D eigenvalue weighted by atomic mass is 35.5. The molecule has 1 aromatic heterocycles. The zero-order valence-electron chi connectivity index (χ0n) is 10.1. The molecule has 2 rings (SSSR count). The number of anilines is 1. The monoisotopic (exact) mass is 330 g/mol. The van der Waals surface area contributed by atoms with Crippen LogP contribution in [0.5, 0.6) is 5.75 Å². The van der Waals surface area contributed by atoms with E-state index in [1.54, 1.807) is 24.4 Å². The predicted molar refractivity (Wildman–Crippen MR) is 79.8 cm³/mol. The first-order chi connectivity index (χ1) is 9.56. The van der Waals surface area contributed by atoms with Crippen LogP contribution in [0.15, 0.2) is 36.5 Å². The van der Waals surface area contributed by atoms with Gasteiger partial charge in [0, 0.05) is 11.2 Å². The van der Waals surface area contributed by atoms with Crippen LogP contribution in [0.1, 0.15) is 0 Å². The summed E-state index contributed by atoms with van der Waals surface area (Å²) in [7, 11) is 0. The normalized spacial score (nSPS) is 10.2. The second-order valence-corrected chi connectivity index (χ2v) is 5.00. The molecule has 7 heteroatoms. The molecular formula is C13H9Cl3N2O2.